The van der Waals surface area contributed by atoms with Crippen LogP contribution in [0.1, 0.15) is 51.0 Å². The first-order chi connectivity index (χ1) is 13.6. The number of hydrogen-bond acceptors (Lipinski definition) is 5. The normalized spacial score (nSPS) is 20.8. The number of ether oxygens (including phenoxy) is 1. The number of nitrogens with one attached hydrogen (secondary N) is 1. The van der Waals surface area contributed by atoms with Crippen molar-refractivity contribution in [3.05, 3.63) is 46.9 Å². The van der Waals surface area contributed by atoms with E-state index >= 15 is 0 Å². The van der Waals surface area contributed by atoms with Gasteiger partial charge in [0.05, 0.1) is 6.61 Å². The maximum Gasteiger partial charge on any atom is 0.453 e. The van der Waals surface area contributed by atoms with Gasteiger partial charge in [0, 0.05) is 23.3 Å². The van der Waals surface area contributed by atoms with Crippen LogP contribution in [0.5, 0.6) is 5.75 Å². The van der Waals surface area contributed by atoms with Gasteiger partial charge >= 0.3 is 6.18 Å². The van der Waals surface area contributed by atoms with E-state index in [1.54, 1.807) is 24.3 Å². The molecule has 9 heteroatoms. The quantitative estimate of drug-likeness (QED) is 0.821. The van der Waals surface area contributed by atoms with Gasteiger partial charge in [0.15, 0.2) is 5.78 Å². The van der Waals surface area contributed by atoms with E-state index in [9.17, 15) is 18.0 Å². The SMILES string of the molecule is CCOc1ccccc1C1C2=C(CC(C)(C)CC2=O)Nc2nc(C(F)(F)F)nn21. The summed E-state index contributed by atoms with van der Waals surface area (Å²) in [6.07, 6.45) is -3.87. The highest BCUT2D eigenvalue weighted by Crippen LogP contribution is 2.47. The smallest absolute Gasteiger partial charge is 0.453 e. The molecule has 0 fully saturated rings. The third-order valence-corrected chi connectivity index (χ3v) is 5.10. The van der Waals surface area contributed by atoms with E-state index in [1.807, 2.05) is 20.8 Å². The number of ketones is 1. The number of benzene rings is 1. The molecule has 0 amide bonds. The van der Waals surface area contributed by atoms with Gasteiger partial charge < -0.3 is 10.1 Å². The largest absolute Gasteiger partial charge is 0.494 e. The lowest BCUT2D eigenvalue weighted by Crippen LogP contribution is -2.36. The number of carbonyl (C=O) groups is 1. The second kappa shape index (κ2) is 6.60. The molecule has 1 atom stereocenters. The van der Waals surface area contributed by atoms with Crippen LogP contribution in [0.25, 0.3) is 0 Å². The van der Waals surface area contributed by atoms with E-state index in [-0.39, 0.29) is 17.1 Å². The minimum Gasteiger partial charge on any atom is -0.494 e. The van der Waals surface area contributed by atoms with Crippen LogP contribution in [0.2, 0.25) is 0 Å². The molecule has 0 saturated carbocycles. The number of aromatic nitrogens is 3. The Balaban J connectivity index is 1.94. The standard InChI is InChI=1S/C20H21F3N4O2/c1-4-29-14-8-6-5-7-11(14)16-15-12(9-19(2,3)10-13(15)28)24-18-25-17(20(21,22)23)26-27(16)18/h5-8,16H,4,9-10H2,1-3H3,(H,24,25,26). The molecule has 1 aliphatic carbocycles. The van der Waals surface area contributed by atoms with Crippen LogP contribution in [0.4, 0.5) is 19.1 Å². The van der Waals surface area contributed by atoms with E-state index in [4.69, 9.17) is 4.74 Å². The molecule has 1 N–H and O–H groups in total. The number of para-hydroxylation sites is 1. The number of fused-ring (bicyclic) bond motifs is 1. The zero-order valence-corrected chi connectivity index (χ0v) is 16.3. The summed E-state index contributed by atoms with van der Waals surface area (Å²) < 4.78 is 46.8. The average Bonchev–Trinajstić information content (AvgIpc) is 3.04. The van der Waals surface area contributed by atoms with Gasteiger partial charge in [-0.15, -0.1) is 5.10 Å². The molecule has 0 saturated heterocycles. The lowest BCUT2D eigenvalue weighted by molar-refractivity contribution is -0.145. The maximum atomic E-state index is 13.3. The van der Waals surface area contributed by atoms with Crippen molar-refractivity contribution in [2.75, 3.05) is 11.9 Å². The van der Waals surface area contributed by atoms with Crippen LogP contribution in [0.3, 0.4) is 0 Å². The zero-order chi connectivity index (χ0) is 21.0. The van der Waals surface area contributed by atoms with Crippen molar-refractivity contribution in [3.8, 4) is 5.75 Å². The van der Waals surface area contributed by atoms with Crippen LogP contribution in [0, 0.1) is 5.41 Å². The Morgan fingerprint density at radius 1 is 1.28 bits per heavy atom. The molecule has 154 valence electrons. The summed E-state index contributed by atoms with van der Waals surface area (Å²) in [5.41, 5.74) is 1.29. The Hall–Kier alpha value is -2.84. The summed E-state index contributed by atoms with van der Waals surface area (Å²) in [5.74, 6) is -0.889. The fraction of sp³-hybridized carbons (Fsp3) is 0.450. The lowest BCUT2D eigenvalue weighted by atomic mass is 9.73. The third kappa shape index (κ3) is 3.38. The van der Waals surface area contributed by atoms with E-state index < -0.39 is 18.0 Å². The number of alkyl halides is 3. The maximum absolute atomic E-state index is 13.3. The lowest BCUT2D eigenvalue weighted by Gasteiger charge is -2.38. The minimum absolute atomic E-state index is 0.0297. The second-order valence-electron chi connectivity index (χ2n) is 8.03. The first kappa shape index (κ1) is 19.5. The molecule has 4 rings (SSSR count). The third-order valence-electron chi connectivity index (χ3n) is 5.10. The summed E-state index contributed by atoms with van der Waals surface area (Å²) in [6, 6.07) is 6.19. The predicted octanol–water partition coefficient (Wildman–Crippen LogP) is 4.35. The number of nitrogens with zero attached hydrogens (tertiary/aromatic N) is 3. The summed E-state index contributed by atoms with van der Waals surface area (Å²) in [4.78, 5) is 16.8. The highest BCUT2D eigenvalue weighted by Gasteiger charge is 2.45. The van der Waals surface area contributed by atoms with Crippen LogP contribution in [-0.2, 0) is 11.0 Å². The van der Waals surface area contributed by atoms with Gasteiger partial charge in [-0.2, -0.15) is 18.2 Å². The minimum atomic E-state index is -4.69. The summed E-state index contributed by atoms with van der Waals surface area (Å²) in [5, 5.41) is 6.66. The van der Waals surface area contributed by atoms with Crippen molar-refractivity contribution in [3.63, 3.8) is 0 Å². The number of allylic oxidation sites excluding steroid dienone is 2. The number of rotatable bonds is 3. The molecule has 2 aliphatic rings. The number of carbonyl (C=O) groups excluding carboxylic acids is 1. The number of hydrogen-bond donors (Lipinski definition) is 1. The summed E-state index contributed by atoms with van der Waals surface area (Å²) in [6.45, 7) is 6.12. The van der Waals surface area contributed by atoms with Crippen LogP contribution < -0.4 is 10.1 Å². The van der Waals surface area contributed by atoms with E-state index in [2.05, 4.69) is 15.4 Å². The first-order valence-electron chi connectivity index (χ1n) is 9.39. The monoisotopic (exact) mass is 406 g/mol. The molecule has 0 bridgehead atoms. The van der Waals surface area contributed by atoms with E-state index in [1.165, 1.54) is 0 Å². The Kier molecular flexibility index (Phi) is 4.43. The van der Waals surface area contributed by atoms with E-state index in [0.29, 0.717) is 42.0 Å². The van der Waals surface area contributed by atoms with Crippen LogP contribution >= 0.6 is 0 Å². The van der Waals surface area contributed by atoms with Gasteiger partial charge in [0.2, 0.25) is 5.95 Å². The predicted molar refractivity (Wildman–Crippen MR) is 99.4 cm³/mol. The Morgan fingerprint density at radius 2 is 2.00 bits per heavy atom. The second-order valence-corrected chi connectivity index (χ2v) is 8.03. The van der Waals surface area contributed by atoms with Gasteiger partial charge in [-0.25, -0.2) is 4.68 Å². The molecule has 1 aromatic carbocycles. The van der Waals surface area contributed by atoms with Crippen molar-refractivity contribution in [1.29, 1.82) is 0 Å². The van der Waals surface area contributed by atoms with Gasteiger partial charge in [0.25, 0.3) is 5.82 Å². The number of Topliss-reactive ketones (excluding diaryl/α,β-unsaturated/α-hetero) is 1. The van der Waals surface area contributed by atoms with Gasteiger partial charge in [-0.05, 0) is 24.8 Å². The molecule has 1 aromatic heterocycles. The molecular weight excluding hydrogens is 385 g/mol. The van der Waals surface area contributed by atoms with Crippen molar-refractivity contribution in [1.82, 2.24) is 14.8 Å². The number of anilines is 1. The molecule has 1 aliphatic heterocycles. The van der Waals surface area contributed by atoms with Gasteiger partial charge in [-0.3, -0.25) is 4.79 Å². The zero-order valence-electron chi connectivity index (χ0n) is 16.3. The van der Waals surface area contributed by atoms with Crippen LogP contribution in [0.15, 0.2) is 35.5 Å². The number of halogens is 3. The van der Waals surface area contributed by atoms with Gasteiger partial charge in [0.1, 0.15) is 11.8 Å². The molecule has 0 radical (unpaired) electrons. The van der Waals surface area contributed by atoms with Gasteiger partial charge in [-0.1, -0.05) is 32.0 Å². The molecule has 6 nitrogen and oxygen atoms in total. The molecule has 1 unspecified atom stereocenters. The fourth-order valence-corrected chi connectivity index (χ4v) is 4.01. The topological polar surface area (TPSA) is 69.0 Å². The molecule has 0 spiro atoms. The van der Waals surface area contributed by atoms with E-state index in [0.717, 1.165) is 4.68 Å². The highest BCUT2D eigenvalue weighted by atomic mass is 19.4. The molecule has 2 heterocycles. The first-order valence-corrected chi connectivity index (χ1v) is 9.39. The Labute approximate surface area is 165 Å². The molecule has 29 heavy (non-hydrogen) atoms. The average molecular weight is 406 g/mol. The fourth-order valence-electron chi connectivity index (χ4n) is 4.01. The summed E-state index contributed by atoms with van der Waals surface area (Å²) >= 11 is 0. The van der Waals surface area contributed by atoms with Crippen molar-refractivity contribution < 1.29 is 22.7 Å². The molecule has 2 aromatic rings. The van der Waals surface area contributed by atoms with Crippen molar-refractivity contribution in [2.24, 2.45) is 5.41 Å². The molecular formula is C20H21F3N4O2. The highest BCUT2D eigenvalue weighted by molar-refractivity contribution is 6.00. The Bertz CT molecular complexity index is 1010. The summed E-state index contributed by atoms with van der Waals surface area (Å²) in [7, 11) is 0. The van der Waals surface area contributed by atoms with Crippen LogP contribution in [-0.4, -0.2) is 27.2 Å². The Morgan fingerprint density at radius 3 is 2.69 bits per heavy atom. The van der Waals surface area contributed by atoms with Crippen molar-refractivity contribution >= 4 is 11.7 Å². The van der Waals surface area contributed by atoms with Crippen molar-refractivity contribution in [2.45, 2.75) is 45.8 Å².